The van der Waals surface area contributed by atoms with Gasteiger partial charge in [0.2, 0.25) is 0 Å². The summed E-state index contributed by atoms with van der Waals surface area (Å²) in [6, 6.07) is 5.73. The van der Waals surface area contributed by atoms with Gasteiger partial charge in [-0.2, -0.15) is 0 Å². The molecule has 1 saturated heterocycles. The van der Waals surface area contributed by atoms with E-state index in [4.69, 9.17) is 9.15 Å². The zero-order valence-electron chi connectivity index (χ0n) is 16.3. The van der Waals surface area contributed by atoms with Gasteiger partial charge in [0.1, 0.15) is 58.7 Å². The fourth-order valence-electron chi connectivity index (χ4n) is 3.74. The molecule has 0 saturated carbocycles. The number of benzene rings is 2. The molecule has 11 heteroatoms. The Hall–Kier alpha value is -3.35. The van der Waals surface area contributed by atoms with Crippen molar-refractivity contribution in [1.82, 2.24) is 0 Å². The Balaban J connectivity index is 1.86. The maximum atomic E-state index is 12.8. The Morgan fingerprint density at radius 1 is 0.844 bits per heavy atom. The molecule has 5 atom stereocenters. The van der Waals surface area contributed by atoms with Crippen LogP contribution in [0.3, 0.4) is 0 Å². The predicted octanol–water partition coefficient (Wildman–Crippen LogP) is -0.203. The summed E-state index contributed by atoms with van der Waals surface area (Å²) in [6.07, 6.45) is -8.09. The van der Waals surface area contributed by atoms with Gasteiger partial charge >= 0.3 is 0 Å². The van der Waals surface area contributed by atoms with Crippen LogP contribution in [-0.2, 0) is 4.74 Å². The van der Waals surface area contributed by atoms with Crippen molar-refractivity contribution in [2.75, 3.05) is 6.61 Å². The Bertz CT molecular complexity index is 1230. The summed E-state index contributed by atoms with van der Waals surface area (Å²) in [5.74, 6) is -2.28. The highest BCUT2D eigenvalue weighted by Gasteiger charge is 2.46. The number of aromatic hydroxyl groups is 4. The molecule has 0 bridgehead atoms. The van der Waals surface area contributed by atoms with Crippen molar-refractivity contribution in [1.29, 1.82) is 0 Å². The van der Waals surface area contributed by atoms with E-state index in [-0.39, 0.29) is 28.0 Å². The van der Waals surface area contributed by atoms with E-state index in [1.165, 1.54) is 12.1 Å². The highest BCUT2D eigenvalue weighted by Crippen LogP contribution is 2.44. The number of fused-ring (bicyclic) bond motifs is 1. The molecule has 4 rings (SSSR count). The molecule has 170 valence electrons. The van der Waals surface area contributed by atoms with E-state index < -0.39 is 65.4 Å². The third kappa shape index (κ3) is 3.42. The van der Waals surface area contributed by atoms with Gasteiger partial charge in [0.05, 0.1) is 12.2 Å². The zero-order valence-corrected chi connectivity index (χ0v) is 16.3. The molecular weight excluding hydrogens is 428 g/mol. The summed E-state index contributed by atoms with van der Waals surface area (Å²) in [6.45, 7) is -0.721. The molecule has 0 spiro atoms. The third-order valence-electron chi connectivity index (χ3n) is 5.45. The number of phenolic OH excluding ortho intramolecular Hbond substituents is 4. The number of rotatable bonds is 3. The largest absolute Gasteiger partial charge is 0.507 e. The maximum absolute atomic E-state index is 12.8. The minimum Gasteiger partial charge on any atom is -0.507 e. The van der Waals surface area contributed by atoms with Crippen molar-refractivity contribution in [3.8, 4) is 34.3 Å². The van der Waals surface area contributed by atoms with Gasteiger partial charge in [0, 0.05) is 17.7 Å². The Morgan fingerprint density at radius 3 is 2.22 bits per heavy atom. The van der Waals surface area contributed by atoms with Crippen LogP contribution in [0.5, 0.6) is 23.0 Å². The van der Waals surface area contributed by atoms with E-state index >= 15 is 0 Å². The lowest BCUT2D eigenvalue weighted by atomic mass is 9.89. The molecule has 2 heterocycles. The molecule has 0 radical (unpaired) electrons. The quantitative estimate of drug-likeness (QED) is 0.247. The van der Waals surface area contributed by atoms with Crippen molar-refractivity contribution in [3.05, 3.63) is 46.1 Å². The molecule has 8 N–H and O–H groups in total. The van der Waals surface area contributed by atoms with Crippen LogP contribution in [0.2, 0.25) is 0 Å². The number of aliphatic hydroxyl groups is 4. The van der Waals surface area contributed by atoms with Crippen molar-refractivity contribution < 1.29 is 50.0 Å². The fourth-order valence-corrected chi connectivity index (χ4v) is 3.74. The van der Waals surface area contributed by atoms with Gasteiger partial charge in [-0.25, -0.2) is 0 Å². The first kappa shape index (κ1) is 21.9. The Labute approximate surface area is 179 Å². The molecule has 0 aliphatic carbocycles. The van der Waals surface area contributed by atoms with Crippen LogP contribution in [-0.4, -0.2) is 71.9 Å². The van der Waals surface area contributed by atoms with Crippen molar-refractivity contribution in [2.45, 2.75) is 30.5 Å². The van der Waals surface area contributed by atoms with Gasteiger partial charge in [-0.05, 0) is 18.2 Å². The van der Waals surface area contributed by atoms with Crippen LogP contribution in [0, 0.1) is 0 Å². The fraction of sp³-hybridized carbons (Fsp3) is 0.286. The average Bonchev–Trinajstić information content (AvgIpc) is 2.74. The predicted molar refractivity (Wildman–Crippen MR) is 107 cm³/mol. The molecule has 1 fully saturated rings. The minimum atomic E-state index is -1.80. The second kappa shape index (κ2) is 7.97. The number of hydrogen-bond donors (Lipinski definition) is 8. The number of ether oxygens (including phenoxy) is 1. The van der Waals surface area contributed by atoms with Crippen LogP contribution >= 0.6 is 0 Å². The van der Waals surface area contributed by atoms with Crippen molar-refractivity contribution in [2.24, 2.45) is 0 Å². The molecule has 1 aliphatic heterocycles. The molecular formula is C21H20O11. The SMILES string of the molecule is O=c1cc(-c2ccc(O)c(O)c2)oc2cc(O)c([C@@H]3OC(CO)[C@H](O)[C@H](O)C3O)c(O)c12. The lowest BCUT2D eigenvalue weighted by Gasteiger charge is -2.40. The summed E-state index contributed by atoms with van der Waals surface area (Å²) in [5, 5.41) is 79.6. The first-order valence-corrected chi connectivity index (χ1v) is 9.49. The van der Waals surface area contributed by atoms with Gasteiger partial charge in [0.15, 0.2) is 16.9 Å². The van der Waals surface area contributed by atoms with E-state index in [1.54, 1.807) is 0 Å². The number of hydrogen-bond acceptors (Lipinski definition) is 11. The van der Waals surface area contributed by atoms with Crippen molar-refractivity contribution in [3.63, 3.8) is 0 Å². The highest BCUT2D eigenvalue weighted by molar-refractivity contribution is 5.88. The minimum absolute atomic E-state index is 0.0304. The second-order valence-corrected chi connectivity index (χ2v) is 7.46. The number of aliphatic hydroxyl groups excluding tert-OH is 4. The zero-order chi connectivity index (χ0) is 23.3. The molecule has 1 aromatic heterocycles. The molecule has 2 unspecified atom stereocenters. The van der Waals surface area contributed by atoms with Crippen molar-refractivity contribution >= 4 is 11.0 Å². The molecule has 32 heavy (non-hydrogen) atoms. The second-order valence-electron chi connectivity index (χ2n) is 7.46. The van der Waals surface area contributed by atoms with Crippen LogP contribution in [0.1, 0.15) is 11.7 Å². The maximum Gasteiger partial charge on any atom is 0.197 e. The van der Waals surface area contributed by atoms with Crippen LogP contribution < -0.4 is 5.43 Å². The van der Waals surface area contributed by atoms with Crippen LogP contribution in [0.4, 0.5) is 0 Å². The molecule has 1 aliphatic rings. The lowest BCUT2D eigenvalue weighted by Crippen LogP contribution is -2.55. The van der Waals surface area contributed by atoms with Crippen LogP contribution in [0.25, 0.3) is 22.3 Å². The first-order chi connectivity index (χ1) is 15.1. The normalized spacial score (nSPS) is 25.8. The van der Waals surface area contributed by atoms with E-state index in [0.29, 0.717) is 0 Å². The van der Waals surface area contributed by atoms with Gasteiger partial charge in [-0.1, -0.05) is 0 Å². The first-order valence-electron chi connectivity index (χ1n) is 9.49. The monoisotopic (exact) mass is 448 g/mol. The molecule has 3 aromatic rings. The van der Waals surface area contributed by atoms with Gasteiger partial charge in [0.25, 0.3) is 0 Å². The van der Waals surface area contributed by atoms with Gasteiger partial charge in [-0.3, -0.25) is 4.79 Å². The van der Waals surface area contributed by atoms with Crippen LogP contribution in [0.15, 0.2) is 39.5 Å². The molecule has 11 nitrogen and oxygen atoms in total. The standard InChI is InChI=1S/C21H20O11/c22-6-14-17(27)19(29)20(30)21(32-14)16-11(26)5-13-15(18(16)28)10(25)4-12(31-13)7-1-2-8(23)9(24)3-7/h1-5,14,17,19-24,26-30H,6H2/t14?,17-,19-,20?,21-/m0/s1. The summed E-state index contributed by atoms with van der Waals surface area (Å²) in [5.41, 5.74) is -1.17. The average molecular weight is 448 g/mol. The molecule has 2 aromatic carbocycles. The van der Waals surface area contributed by atoms with E-state index in [0.717, 1.165) is 18.2 Å². The third-order valence-corrected chi connectivity index (χ3v) is 5.45. The summed E-state index contributed by atoms with van der Waals surface area (Å²) in [7, 11) is 0. The molecule has 0 amide bonds. The van der Waals surface area contributed by atoms with Gasteiger partial charge < -0.3 is 50.0 Å². The lowest BCUT2D eigenvalue weighted by molar-refractivity contribution is -0.232. The summed E-state index contributed by atoms with van der Waals surface area (Å²) >= 11 is 0. The number of phenols is 4. The topological polar surface area (TPSA) is 201 Å². The summed E-state index contributed by atoms with van der Waals surface area (Å²) in [4.78, 5) is 12.8. The van der Waals surface area contributed by atoms with Gasteiger partial charge in [-0.15, -0.1) is 0 Å². The Kier molecular flexibility index (Phi) is 5.44. The van der Waals surface area contributed by atoms with E-state index in [2.05, 4.69) is 0 Å². The smallest absolute Gasteiger partial charge is 0.197 e. The van der Waals surface area contributed by atoms with E-state index in [9.17, 15) is 45.6 Å². The van der Waals surface area contributed by atoms with E-state index in [1.807, 2.05) is 0 Å². The Morgan fingerprint density at radius 2 is 1.56 bits per heavy atom. The highest BCUT2D eigenvalue weighted by atomic mass is 16.5. The summed E-state index contributed by atoms with van der Waals surface area (Å²) < 4.78 is 11.0.